The number of rotatable bonds is 9. The zero-order valence-corrected chi connectivity index (χ0v) is 19.4. The molecule has 1 N–H and O–H groups in total. The fraction of sp³-hybridized carbons (Fsp3) is 0.417. The van der Waals surface area contributed by atoms with Gasteiger partial charge in [0.1, 0.15) is 0 Å². The zero-order chi connectivity index (χ0) is 23.1. The molecule has 0 unspecified atom stereocenters. The first-order valence-electron chi connectivity index (χ1n) is 11.0. The van der Waals surface area contributed by atoms with Crippen LogP contribution in [0.15, 0.2) is 53.4 Å². The molecule has 0 atom stereocenters. The molecule has 1 saturated heterocycles. The minimum absolute atomic E-state index is 0.0694. The summed E-state index contributed by atoms with van der Waals surface area (Å²) in [6, 6.07) is 14.0. The lowest BCUT2D eigenvalue weighted by Gasteiger charge is -2.30. The fourth-order valence-corrected chi connectivity index (χ4v) is 5.23. The van der Waals surface area contributed by atoms with Gasteiger partial charge in [-0.25, -0.2) is 8.42 Å². The van der Waals surface area contributed by atoms with Gasteiger partial charge in [-0.3, -0.25) is 9.59 Å². The molecule has 0 bridgehead atoms. The maximum Gasteiger partial charge on any atom is 0.309 e. The normalized spacial score (nSPS) is 15.3. The first kappa shape index (κ1) is 23.9. The molecule has 172 valence electrons. The van der Waals surface area contributed by atoms with E-state index in [9.17, 15) is 18.0 Å². The van der Waals surface area contributed by atoms with Crippen LogP contribution >= 0.6 is 0 Å². The number of nitrogens with one attached hydrogen (secondary N) is 1. The molecule has 1 aliphatic heterocycles. The van der Waals surface area contributed by atoms with Crippen LogP contribution in [0.4, 0.5) is 5.69 Å². The fourth-order valence-electron chi connectivity index (χ4n) is 3.71. The quantitative estimate of drug-likeness (QED) is 0.457. The van der Waals surface area contributed by atoms with Gasteiger partial charge in [0.2, 0.25) is 10.0 Å². The number of ether oxygens (including phenoxy) is 1. The third-order valence-electron chi connectivity index (χ3n) is 5.68. The number of nitrogens with zero attached hydrogens (tertiary/aromatic N) is 1. The lowest BCUT2D eigenvalue weighted by Crippen LogP contribution is -2.40. The third kappa shape index (κ3) is 5.75. The minimum Gasteiger partial charge on any atom is -0.466 e. The van der Waals surface area contributed by atoms with E-state index in [0.29, 0.717) is 25.0 Å². The molecule has 32 heavy (non-hydrogen) atoms. The number of esters is 1. The summed E-state index contributed by atoms with van der Waals surface area (Å²) in [5, 5.41) is 3.09. The number of anilines is 1. The van der Waals surface area contributed by atoms with Crippen molar-refractivity contribution >= 4 is 27.5 Å². The number of carbonyl (C=O) groups is 2. The molecule has 1 heterocycles. The van der Waals surface area contributed by atoms with Crippen LogP contribution in [-0.2, 0) is 26.0 Å². The Morgan fingerprint density at radius 1 is 1.06 bits per heavy atom. The lowest BCUT2D eigenvalue weighted by molar-refractivity contribution is -0.149. The maximum atomic E-state index is 13.1. The highest BCUT2D eigenvalue weighted by Crippen LogP contribution is 2.25. The molecule has 1 fully saturated rings. The molecule has 0 radical (unpaired) electrons. The average molecular weight is 459 g/mol. The number of hydrogen-bond donors (Lipinski definition) is 1. The molecule has 1 aliphatic rings. The molecular weight excluding hydrogens is 428 g/mol. The predicted octanol–water partition coefficient (Wildman–Crippen LogP) is 3.51. The van der Waals surface area contributed by atoms with Crippen LogP contribution in [0, 0.1) is 5.92 Å². The van der Waals surface area contributed by atoms with Crippen molar-refractivity contribution in [3.05, 3.63) is 59.7 Å². The molecule has 0 aliphatic carbocycles. The molecule has 2 aromatic carbocycles. The van der Waals surface area contributed by atoms with Crippen molar-refractivity contribution in [2.24, 2.45) is 5.92 Å². The van der Waals surface area contributed by atoms with Crippen molar-refractivity contribution in [3.8, 4) is 0 Å². The van der Waals surface area contributed by atoms with E-state index in [1.54, 1.807) is 19.1 Å². The molecular formula is C24H30N2O5S. The summed E-state index contributed by atoms with van der Waals surface area (Å²) < 4.78 is 32.6. The summed E-state index contributed by atoms with van der Waals surface area (Å²) >= 11 is 0. The monoisotopic (exact) mass is 458 g/mol. The van der Waals surface area contributed by atoms with Crippen molar-refractivity contribution in [1.82, 2.24) is 4.31 Å². The van der Waals surface area contributed by atoms with E-state index >= 15 is 0 Å². The molecule has 7 nitrogen and oxygen atoms in total. The topological polar surface area (TPSA) is 92.8 Å². The van der Waals surface area contributed by atoms with E-state index in [4.69, 9.17) is 4.74 Å². The van der Waals surface area contributed by atoms with Crippen LogP contribution in [0.5, 0.6) is 0 Å². The SMILES string of the molecule is CCOC(=O)C1CCN(S(=O)(=O)c2cccc(C(=O)CNc3ccc(CC)cc3)c2)CC1. The van der Waals surface area contributed by atoms with E-state index in [1.807, 2.05) is 24.3 Å². The van der Waals surface area contributed by atoms with Gasteiger partial charge in [0.25, 0.3) is 0 Å². The highest BCUT2D eigenvalue weighted by atomic mass is 32.2. The maximum absolute atomic E-state index is 13.1. The Bertz CT molecular complexity index is 1040. The van der Waals surface area contributed by atoms with E-state index in [2.05, 4.69) is 12.2 Å². The van der Waals surface area contributed by atoms with Gasteiger partial charge in [0.15, 0.2) is 5.78 Å². The van der Waals surface area contributed by atoms with Crippen LogP contribution in [0.3, 0.4) is 0 Å². The van der Waals surface area contributed by atoms with Crippen molar-refractivity contribution in [2.45, 2.75) is 38.0 Å². The van der Waals surface area contributed by atoms with Gasteiger partial charge in [-0.1, -0.05) is 31.2 Å². The summed E-state index contributed by atoms with van der Waals surface area (Å²) in [4.78, 5) is 24.6. The van der Waals surface area contributed by atoms with Crippen molar-refractivity contribution < 1.29 is 22.7 Å². The molecule has 3 rings (SSSR count). The Morgan fingerprint density at radius 3 is 2.38 bits per heavy atom. The Labute approximate surface area is 189 Å². The average Bonchev–Trinajstić information content (AvgIpc) is 2.83. The van der Waals surface area contributed by atoms with Crippen molar-refractivity contribution in [1.29, 1.82) is 0 Å². The Hall–Kier alpha value is -2.71. The van der Waals surface area contributed by atoms with Crippen LogP contribution in [-0.4, -0.2) is 50.7 Å². The number of hydrogen-bond acceptors (Lipinski definition) is 6. The van der Waals surface area contributed by atoms with E-state index in [1.165, 1.54) is 22.0 Å². The summed E-state index contributed by atoms with van der Waals surface area (Å²) in [6.07, 6.45) is 1.80. The number of ketones is 1. The third-order valence-corrected chi connectivity index (χ3v) is 7.58. The van der Waals surface area contributed by atoms with Crippen LogP contribution in [0.2, 0.25) is 0 Å². The largest absolute Gasteiger partial charge is 0.466 e. The smallest absolute Gasteiger partial charge is 0.309 e. The molecule has 0 aromatic heterocycles. The van der Waals surface area contributed by atoms with Crippen LogP contribution in [0.25, 0.3) is 0 Å². The van der Waals surface area contributed by atoms with Crippen LogP contribution in [0.1, 0.15) is 42.6 Å². The standard InChI is InChI=1S/C24H30N2O5S/c1-3-18-8-10-21(11-9-18)25-17-23(27)20-6-5-7-22(16-20)32(29,30)26-14-12-19(13-15-26)24(28)31-4-2/h5-11,16,19,25H,3-4,12-15,17H2,1-2H3. The number of sulfonamides is 1. The second kappa shape index (κ2) is 10.7. The second-order valence-corrected chi connectivity index (χ2v) is 9.72. The first-order valence-corrected chi connectivity index (χ1v) is 12.4. The Kier molecular flexibility index (Phi) is 8.04. The highest BCUT2D eigenvalue weighted by molar-refractivity contribution is 7.89. The minimum atomic E-state index is -3.75. The van der Waals surface area contributed by atoms with E-state index in [-0.39, 0.29) is 42.2 Å². The number of aryl methyl sites for hydroxylation is 1. The van der Waals surface area contributed by atoms with Gasteiger partial charge in [-0.05, 0) is 56.0 Å². The summed E-state index contributed by atoms with van der Waals surface area (Å²) in [6.45, 7) is 4.72. The van der Waals surface area contributed by atoms with Crippen molar-refractivity contribution in [3.63, 3.8) is 0 Å². The Morgan fingerprint density at radius 2 is 1.75 bits per heavy atom. The summed E-state index contributed by atoms with van der Waals surface area (Å²) in [5.41, 5.74) is 2.39. The number of Topliss-reactive ketones (excluding diaryl/α,β-unsaturated/α-hetero) is 1. The molecule has 0 spiro atoms. The molecule has 0 saturated carbocycles. The summed E-state index contributed by atoms with van der Waals surface area (Å²) in [7, 11) is -3.75. The van der Waals surface area contributed by atoms with Gasteiger partial charge in [0.05, 0.1) is 24.0 Å². The van der Waals surface area contributed by atoms with Gasteiger partial charge in [-0.15, -0.1) is 0 Å². The second-order valence-electron chi connectivity index (χ2n) is 7.79. The number of benzene rings is 2. The van der Waals surface area contributed by atoms with E-state index < -0.39 is 10.0 Å². The Balaban J connectivity index is 1.64. The van der Waals surface area contributed by atoms with Crippen molar-refractivity contribution in [2.75, 3.05) is 31.6 Å². The predicted molar refractivity (Wildman–Crippen MR) is 123 cm³/mol. The van der Waals surface area contributed by atoms with Gasteiger partial charge in [-0.2, -0.15) is 4.31 Å². The number of carbonyl (C=O) groups excluding carboxylic acids is 2. The van der Waals surface area contributed by atoms with Gasteiger partial charge >= 0.3 is 5.97 Å². The lowest BCUT2D eigenvalue weighted by atomic mass is 9.98. The zero-order valence-electron chi connectivity index (χ0n) is 18.5. The van der Waals surface area contributed by atoms with Crippen LogP contribution < -0.4 is 5.32 Å². The van der Waals surface area contributed by atoms with Gasteiger partial charge in [0, 0.05) is 24.3 Å². The van der Waals surface area contributed by atoms with E-state index in [0.717, 1.165) is 12.1 Å². The number of piperidine rings is 1. The molecule has 2 aromatic rings. The summed E-state index contributed by atoms with van der Waals surface area (Å²) in [5.74, 6) is -0.733. The van der Waals surface area contributed by atoms with Gasteiger partial charge < -0.3 is 10.1 Å². The highest BCUT2D eigenvalue weighted by Gasteiger charge is 2.32. The first-order chi connectivity index (χ1) is 15.3. The molecule has 0 amide bonds. The molecule has 8 heteroatoms.